The molecule has 0 fully saturated rings. The van der Waals surface area contributed by atoms with Crippen LogP contribution in [0.2, 0.25) is 0 Å². The Morgan fingerprint density at radius 1 is 1.05 bits per heavy atom. The van der Waals surface area contributed by atoms with Gasteiger partial charge in [-0.1, -0.05) is 57.2 Å². The molecule has 2 aromatic carbocycles. The van der Waals surface area contributed by atoms with Gasteiger partial charge in [0.15, 0.2) is 0 Å². The molecule has 0 aliphatic heterocycles. The van der Waals surface area contributed by atoms with Gasteiger partial charge in [0.2, 0.25) is 0 Å². The fourth-order valence-electron chi connectivity index (χ4n) is 3.11. The lowest BCUT2D eigenvalue weighted by molar-refractivity contribution is 0.333. The number of anilines is 1. The van der Waals surface area contributed by atoms with Gasteiger partial charge < -0.3 is 10.6 Å². The van der Waals surface area contributed by atoms with Gasteiger partial charge in [0, 0.05) is 30.2 Å². The Hall–Kier alpha value is -1.54. The summed E-state index contributed by atoms with van der Waals surface area (Å²) >= 11 is 0. The third-order valence-electron chi connectivity index (χ3n) is 3.98. The van der Waals surface area contributed by atoms with Crippen molar-refractivity contribution in [2.45, 2.75) is 40.2 Å². The lowest BCUT2D eigenvalue weighted by Gasteiger charge is -2.36. The lowest BCUT2D eigenvalue weighted by atomic mass is 9.87. The molecule has 0 amide bonds. The Kier molecular flexibility index (Phi) is 4.89. The van der Waals surface area contributed by atoms with E-state index in [1.807, 2.05) is 0 Å². The van der Waals surface area contributed by atoms with Crippen molar-refractivity contribution in [1.29, 1.82) is 0 Å². The number of likely N-dealkylation sites (N-methyl/N-ethyl adjacent to an activating group) is 1. The van der Waals surface area contributed by atoms with Crippen LogP contribution in [0.3, 0.4) is 0 Å². The first kappa shape index (κ1) is 15.8. The molecule has 2 aromatic rings. The summed E-state index contributed by atoms with van der Waals surface area (Å²) in [6.07, 6.45) is 1.10. The molecule has 1 atom stereocenters. The van der Waals surface area contributed by atoms with Gasteiger partial charge in [-0.15, -0.1) is 0 Å². The zero-order chi connectivity index (χ0) is 15.5. The summed E-state index contributed by atoms with van der Waals surface area (Å²) in [4.78, 5) is 2.47. The molecular formula is C19H28N2. The standard InChI is InChI=1S/C19H28N2/c1-5-21(16(14-20)13-19(2,3)4)18-12-8-10-15-9-6-7-11-17(15)18/h6-12,16H,5,13-14,20H2,1-4H3. The van der Waals surface area contributed by atoms with Crippen LogP contribution in [0.15, 0.2) is 42.5 Å². The quantitative estimate of drug-likeness (QED) is 0.880. The minimum absolute atomic E-state index is 0.280. The van der Waals surface area contributed by atoms with Crippen molar-refractivity contribution in [2.75, 3.05) is 18.0 Å². The average molecular weight is 284 g/mol. The molecule has 0 heterocycles. The maximum Gasteiger partial charge on any atom is 0.0448 e. The fraction of sp³-hybridized carbons (Fsp3) is 0.474. The van der Waals surface area contributed by atoms with E-state index in [1.165, 1.54) is 16.5 Å². The first-order valence-corrected chi connectivity index (χ1v) is 7.90. The fourth-order valence-corrected chi connectivity index (χ4v) is 3.11. The van der Waals surface area contributed by atoms with Gasteiger partial charge in [0.25, 0.3) is 0 Å². The normalized spacial score (nSPS) is 13.4. The van der Waals surface area contributed by atoms with Crippen LogP contribution in [0.5, 0.6) is 0 Å². The number of hydrogen-bond donors (Lipinski definition) is 1. The predicted molar refractivity (Wildman–Crippen MR) is 93.9 cm³/mol. The Balaban J connectivity index is 2.43. The van der Waals surface area contributed by atoms with E-state index in [-0.39, 0.29) is 5.41 Å². The molecule has 21 heavy (non-hydrogen) atoms. The molecule has 0 saturated heterocycles. The minimum Gasteiger partial charge on any atom is -0.367 e. The van der Waals surface area contributed by atoms with Crippen LogP contribution in [0.25, 0.3) is 10.8 Å². The monoisotopic (exact) mass is 284 g/mol. The number of fused-ring (bicyclic) bond motifs is 1. The molecule has 114 valence electrons. The van der Waals surface area contributed by atoms with Crippen LogP contribution >= 0.6 is 0 Å². The van der Waals surface area contributed by atoms with E-state index in [1.54, 1.807) is 0 Å². The maximum atomic E-state index is 6.10. The zero-order valence-electron chi connectivity index (χ0n) is 13.8. The molecule has 2 N–H and O–H groups in total. The van der Waals surface area contributed by atoms with Gasteiger partial charge in [-0.25, -0.2) is 0 Å². The number of rotatable bonds is 5. The summed E-state index contributed by atoms with van der Waals surface area (Å²) < 4.78 is 0. The lowest BCUT2D eigenvalue weighted by Crippen LogP contribution is -2.43. The Morgan fingerprint density at radius 3 is 2.33 bits per heavy atom. The number of benzene rings is 2. The molecule has 0 spiro atoms. The van der Waals surface area contributed by atoms with Crippen LogP contribution in [0.4, 0.5) is 5.69 Å². The van der Waals surface area contributed by atoms with E-state index >= 15 is 0 Å². The third-order valence-corrected chi connectivity index (χ3v) is 3.98. The largest absolute Gasteiger partial charge is 0.367 e. The smallest absolute Gasteiger partial charge is 0.0448 e. The predicted octanol–water partition coefficient (Wildman–Crippen LogP) is 4.43. The van der Waals surface area contributed by atoms with Gasteiger partial charge >= 0.3 is 0 Å². The van der Waals surface area contributed by atoms with Gasteiger partial charge in [0.05, 0.1) is 0 Å². The molecule has 0 aromatic heterocycles. The summed E-state index contributed by atoms with van der Waals surface area (Å²) in [6.45, 7) is 10.7. The number of hydrogen-bond acceptors (Lipinski definition) is 2. The van der Waals surface area contributed by atoms with Crippen LogP contribution in [0.1, 0.15) is 34.1 Å². The molecule has 0 aliphatic carbocycles. The van der Waals surface area contributed by atoms with Crippen LogP contribution in [-0.2, 0) is 0 Å². The Labute approximate surface area is 128 Å². The van der Waals surface area contributed by atoms with Gasteiger partial charge in [-0.2, -0.15) is 0 Å². The van der Waals surface area contributed by atoms with E-state index in [0.717, 1.165) is 13.0 Å². The van der Waals surface area contributed by atoms with E-state index < -0.39 is 0 Å². The van der Waals surface area contributed by atoms with E-state index in [9.17, 15) is 0 Å². The molecule has 2 rings (SSSR count). The number of nitrogens with two attached hydrogens (primary N) is 1. The molecule has 2 nitrogen and oxygen atoms in total. The topological polar surface area (TPSA) is 29.3 Å². The average Bonchev–Trinajstić information content (AvgIpc) is 2.46. The first-order chi connectivity index (χ1) is 9.96. The van der Waals surface area contributed by atoms with Crippen molar-refractivity contribution in [3.05, 3.63) is 42.5 Å². The highest BCUT2D eigenvalue weighted by molar-refractivity contribution is 5.94. The summed E-state index contributed by atoms with van der Waals surface area (Å²) in [5.74, 6) is 0. The summed E-state index contributed by atoms with van der Waals surface area (Å²) in [5, 5.41) is 2.61. The van der Waals surface area contributed by atoms with Crippen molar-refractivity contribution in [2.24, 2.45) is 11.1 Å². The molecular weight excluding hydrogens is 256 g/mol. The highest BCUT2D eigenvalue weighted by Crippen LogP contribution is 2.31. The van der Waals surface area contributed by atoms with Crippen LogP contribution < -0.4 is 10.6 Å². The molecule has 0 aliphatic rings. The highest BCUT2D eigenvalue weighted by atomic mass is 15.2. The van der Waals surface area contributed by atoms with Gasteiger partial charge in [0.1, 0.15) is 0 Å². The highest BCUT2D eigenvalue weighted by Gasteiger charge is 2.23. The van der Waals surface area contributed by atoms with Crippen LogP contribution in [-0.4, -0.2) is 19.1 Å². The van der Waals surface area contributed by atoms with E-state index in [4.69, 9.17) is 5.73 Å². The third kappa shape index (κ3) is 3.76. The van der Waals surface area contributed by atoms with Crippen molar-refractivity contribution in [3.63, 3.8) is 0 Å². The zero-order valence-corrected chi connectivity index (χ0v) is 13.8. The summed E-state index contributed by atoms with van der Waals surface area (Å²) in [7, 11) is 0. The van der Waals surface area contributed by atoms with Crippen molar-refractivity contribution in [1.82, 2.24) is 0 Å². The molecule has 0 radical (unpaired) electrons. The summed E-state index contributed by atoms with van der Waals surface area (Å²) in [5.41, 5.74) is 7.68. The SMILES string of the molecule is CCN(c1cccc2ccccc12)C(CN)CC(C)(C)C. The molecule has 0 bridgehead atoms. The second kappa shape index (κ2) is 6.48. The summed E-state index contributed by atoms with van der Waals surface area (Å²) in [6, 6.07) is 15.5. The second-order valence-corrected chi connectivity index (χ2v) is 6.94. The Morgan fingerprint density at radius 2 is 1.71 bits per heavy atom. The van der Waals surface area contributed by atoms with Crippen LogP contribution in [0, 0.1) is 5.41 Å². The molecule has 0 saturated carbocycles. The van der Waals surface area contributed by atoms with Gasteiger partial charge in [-0.3, -0.25) is 0 Å². The minimum atomic E-state index is 0.280. The van der Waals surface area contributed by atoms with E-state index in [2.05, 4.69) is 75.1 Å². The number of nitrogens with zero attached hydrogens (tertiary/aromatic N) is 1. The van der Waals surface area contributed by atoms with Crippen molar-refractivity contribution in [3.8, 4) is 0 Å². The molecule has 2 heteroatoms. The van der Waals surface area contributed by atoms with Crippen molar-refractivity contribution >= 4 is 16.5 Å². The molecule has 1 unspecified atom stereocenters. The first-order valence-electron chi connectivity index (χ1n) is 7.90. The maximum absolute atomic E-state index is 6.10. The second-order valence-electron chi connectivity index (χ2n) is 6.94. The Bertz CT molecular complexity index is 578. The van der Waals surface area contributed by atoms with Crippen molar-refractivity contribution < 1.29 is 0 Å². The van der Waals surface area contributed by atoms with Gasteiger partial charge in [-0.05, 0) is 30.2 Å². The van der Waals surface area contributed by atoms with E-state index in [0.29, 0.717) is 12.6 Å².